The number of benzene rings is 1. The molecule has 0 spiro atoms. The highest BCUT2D eigenvalue weighted by molar-refractivity contribution is 6.00. The van der Waals surface area contributed by atoms with Gasteiger partial charge in [0.2, 0.25) is 5.91 Å². The van der Waals surface area contributed by atoms with E-state index in [0.29, 0.717) is 25.3 Å². The first-order chi connectivity index (χ1) is 11.6. The Hall–Kier alpha value is -2.08. The minimum Gasteiger partial charge on any atom is -0.479 e. The van der Waals surface area contributed by atoms with Crippen LogP contribution in [0.2, 0.25) is 0 Å². The number of nitrogens with zero attached hydrogens (tertiary/aromatic N) is 2. The first-order valence-electron chi connectivity index (χ1n) is 8.68. The molecule has 2 amide bonds. The van der Waals surface area contributed by atoms with Crippen LogP contribution in [0.15, 0.2) is 24.3 Å². The molecule has 0 bridgehead atoms. The van der Waals surface area contributed by atoms with E-state index in [4.69, 9.17) is 10.5 Å². The lowest BCUT2D eigenvalue weighted by molar-refractivity contribution is -0.134. The number of rotatable bonds is 4. The zero-order valence-corrected chi connectivity index (χ0v) is 14.1. The Labute approximate surface area is 142 Å². The van der Waals surface area contributed by atoms with E-state index in [2.05, 4.69) is 0 Å². The number of hydrogen-bond donors (Lipinski definition) is 1. The molecule has 6 nitrogen and oxygen atoms in total. The summed E-state index contributed by atoms with van der Waals surface area (Å²) in [6.45, 7) is 3.38. The fourth-order valence-electron chi connectivity index (χ4n) is 3.51. The van der Waals surface area contributed by atoms with Crippen molar-refractivity contribution in [2.45, 2.75) is 44.8 Å². The average Bonchev–Trinajstić information content (AvgIpc) is 2.61. The molecular formula is C18H25N3O3. The van der Waals surface area contributed by atoms with Crippen molar-refractivity contribution < 1.29 is 14.3 Å². The quantitative estimate of drug-likeness (QED) is 0.908. The summed E-state index contributed by atoms with van der Waals surface area (Å²) in [5.74, 6) is 0.667. The molecule has 0 radical (unpaired) electrons. The normalized spacial score (nSPS) is 23.7. The third-order valence-corrected chi connectivity index (χ3v) is 4.84. The largest absolute Gasteiger partial charge is 0.479 e. The number of likely N-dealkylation sites (tertiary alicyclic amines) is 1. The number of fused-ring (bicyclic) bond motifs is 1. The number of piperidine rings is 1. The smallest absolute Gasteiger partial charge is 0.267 e. The molecule has 0 saturated carbocycles. The molecule has 2 unspecified atom stereocenters. The van der Waals surface area contributed by atoms with Crippen molar-refractivity contribution in [2.75, 3.05) is 24.5 Å². The summed E-state index contributed by atoms with van der Waals surface area (Å²) in [6.07, 6.45) is 2.90. The van der Waals surface area contributed by atoms with Crippen LogP contribution in [0.25, 0.3) is 0 Å². The summed E-state index contributed by atoms with van der Waals surface area (Å²) in [6, 6.07) is 7.59. The summed E-state index contributed by atoms with van der Waals surface area (Å²) in [5.41, 5.74) is 6.54. The van der Waals surface area contributed by atoms with Gasteiger partial charge in [-0.25, -0.2) is 0 Å². The lowest BCUT2D eigenvalue weighted by atomic mass is 10.0. The van der Waals surface area contributed by atoms with Crippen molar-refractivity contribution in [2.24, 2.45) is 5.73 Å². The van der Waals surface area contributed by atoms with Crippen LogP contribution in [0, 0.1) is 0 Å². The van der Waals surface area contributed by atoms with Gasteiger partial charge in [-0.05, 0) is 38.3 Å². The number of para-hydroxylation sites is 2. The zero-order chi connectivity index (χ0) is 17.1. The Morgan fingerprint density at radius 3 is 2.92 bits per heavy atom. The third kappa shape index (κ3) is 3.24. The lowest BCUT2D eigenvalue weighted by Gasteiger charge is -2.36. The average molecular weight is 331 g/mol. The molecule has 2 aliphatic rings. The molecule has 1 fully saturated rings. The van der Waals surface area contributed by atoms with E-state index in [1.807, 2.05) is 29.2 Å². The van der Waals surface area contributed by atoms with Crippen LogP contribution >= 0.6 is 0 Å². The second-order valence-corrected chi connectivity index (χ2v) is 6.44. The van der Waals surface area contributed by atoms with Gasteiger partial charge in [-0.3, -0.25) is 9.59 Å². The van der Waals surface area contributed by atoms with Gasteiger partial charge in [0.25, 0.3) is 5.91 Å². The van der Waals surface area contributed by atoms with E-state index in [9.17, 15) is 9.59 Å². The predicted octanol–water partition coefficient (Wildman–Crippen LogP) is 1.53. The maximum Gasteiger partial charge on any atom is 0.267 e. The standard InChI is InChI=1S/C18H25N3O3/c1-13-18(23)21(15-7-2-3-8-16(15)24-13)11-9-17(22)20-10-5-4-6-14(20)12-19/h2-3,7-8,13-14H,4-6,9-12,19H2,1H3. The van der Waals surface area contributed by atoms with Gasteiger partial charge in [0.05, 0.1) is 5.69 Å². The summed E-state index contributed by atoms with van der Waals surface area (Å²) < 4.78 is 5.63. The van der Waals surface area contributed by atoms with Gasteiger partial charge in [0.15, 0.2) is 6.10 Å². The fourth-order valence-corrected chi connectivity index (χ4v) is 3.51. The maximum atomic E-state index is 12.6. The Morgan fingerprint density at radius 1 is 1.33 bits per heavy atom. The van der Waals surface area contributed by atoms with E-state index < -0.39 is 6.10 Å². The highest BCUT2D eigenvalue weighted by atomic mass is 16.5. The molecule has 130 valence electrons. The first kappa shape index (κ1) is 16.8. The van der Waals surface area contributed by atoms with Crippen molar-refractivity contribution in [1.29, 1.82) is 0 Å². The van der Waals surface area contributed by atoms with Crippen molar-refractivity contribution >= 4 is 17.5 Å². The van der Waals surface area contributed by atoms with Gasteiger partial charge in [-0.15, -0.1) is 0 Å². The number of amides is 2. The summed E-state index contributed by atoms with van der Waals surface area (Å²) in [7, 11) is 0. The molecule has 1 aromatic rings. The van der Waals surface area contributed by atoms with E-state index in [-0.39, 0.29) is 17.9 Å². The fraction of sp³-hybridized carbons (Fsp3) is 0.556. The zero-order valence-electron chi connectivity index (χ0n) is 14.1. The van der Waals surface area contributed by atoms with Gasteiger partial charge in [0, 0.05) is 32.1 Å². The molecule has 6 heteroatoms. The van der Waals surface area contributed by atoms with E-state index in [1.54, 1.807) is 11.8 Å². The van der Waals surface area contributed by atoms with Crippen molar-refractivity contribution in [3.8, 4) is 5.75 Å². The molecule has 0 aromatic heterocycles. The number of carbonyl (C=O) groups is 2. The number of nitrogens with two attached hydrogens (primary N) is 1. The van der Waals surface area contributed by atoms with Crippen molar-refractivity contribution in [1.82, 2.24) is 4.90 Å². The van der Waals surface area contributed by atoms with Crippen molar-refractivity contribution in [3.63, 3.8) is 0 Å². The highest BCUT2D eigenvalue weighted by Crippen LogP contribution is 2.33. The topological polar surface area (TPSA) is 75.9 Å². The number of ether oxygens (including phenoxy) is 1. The summed E-state index contributed by atoms with van der Waals surface area (Å²) in [4.78, 5) is 28.6. The van der Waals surface area contributed by atoms with Crippen LogP contribution < -0.4 is 15.4 Å². The van der Waals surface area contributed by atoms with E-state index in [0.717, 1.165) is 31.5 Å². The molecule has 2 heterocycles. The molecule has 2 atom stereocenters. The van der Waals surface area contributed by atoms with Crippen molar-refractivity contribution in [3.05, 3.63) is 24.3 Å². The Bertz CT molecular complexity index is 619. The molecule has 1 aromatic carbocycles. The highest BCUT2D eigenvalue weighted by Gasteiger charge is 2.32. The number of carbonyl (C=O) groups excluding carboxylic acids is 2. The van der Waals surface area contributed by atoms with Gasteiger partial charge in [-0.2, -0.15) is 0 Å². The van der Waals surface area contributed by atoms with Gasteiger partial charge < -0.3 is 20.3 Å². The Balaban J connectivity index is 1.69. The maximum absolute atomic E-state index is 12.6. The third-order valence-electron chi connectivity index (χ3n) is 4.84. The van der Waals surface area contributed by atoms with Crippen LogP contribution in [0.3, 0.4) is 0 Å². The van der Waals surface area contributed by atoms with Gasteiger partial charge in [0.1, 0.15) is 5.75 Å². The summed E-state index contributed by atoms with van der Waals surface area (Å²) >= 11 is 0. The molecule has 1 saturated heterocycles. The molecule has 0 aliphatic carbocycles. The first-order valence-corrected chi connectivity index (χ1v) is 8.68. The second-order valence-electron chi connectivity index (χ2n) is 6.44. The molecule has 2 N–H and O–H groups in total. The molecular weight excluding hydrogens is 306 g/mol. The number of hydrogen-bond acceptors (Lipinski definition) is 4. The summed E-state index contributed by atoms with van der Waals surface area (Å²) in [5, 5.41) is 0. The van der Waals surface area contributed by atoms with Crippen LogP contribution in [0.4, 0.5) is 5.69 Å². The van der Waals surface area contributed by atoms with Crippen LogP contribution in [-0.4, -0.2) is 48.5 Å². The Morgan fingerprint density at radius 2 is 2.12 bits per heavy atom. The van der Waals surface area contributed by atoms with E-state index >= 15 is 0 Å². The lowest BCUT2D eigenvalue weighted by Crippen LogP contribution is -2.49. The SMILES string of the molecule is CC1Oc2ccccc2N(CCC(=O)N2CCCCC2CN)C1=O. The second kappa shape index (κ2) is 7.21. The van der Waals surface area contributed by atoms with Crippen LogP contribution in [0.1, 0.15) is 32.6 Å². The van der Waals surface area contributed by atoms with Crippen LogP contribution in [0.5, 0.6) is 5.75 Å². The monoisotopic (exact) mass is 331 g/mol. The predicted molar refractivity (Wildman–Crippen MR) is 91.9 cm³/mol. The Kier molecular flexibility index (Phi) is 5.04. The minimum absolute atomic E-state index is 0.0783. The molecule has 3 rings (SSSR count). The van der Waals surface area contributed by atoms with Gasteiger partial charge in [-0.1, -0.05) is 12.1 Å². The molecule has 2 aliphatic heterocycles. The van der Waals surface area contributed by atoms with Crippen LogP contribution in [-0.2, 0) is 9.59 Å². The number of anilines is 1. The van der Waals surface area contributed by atoms with E-state index in [1.165, 1.54) is 0 Å². The molecule has 24 heavy (non-hydrogen) atoms. The minimum atomic E-state index is -0.526. The van der Waals surface area contributed by atoms with Gasteiger partial charge >= 0.3 is 0 Å².